The molecule has 0 aliphatic carbocycles. The Bertz CT molecular complexity index is 589. The number of para-hydroxylation sites is 1. The van der Waals surface area contributed by atoms with Gasteiger partial charge in [-0.3, -0.25) is 10.8 Å². The lowest BCUT2D eigenvalue weighted by atomic mass is 10.2. The number of carbonyl (C=O) groups is 1. The summed E-state index contributed by atoms with van der Waals surface area (Å²) < 4.78 is 5.13. The fraction of sp³-hybridized carbons (Fsp3) is 0.286. The Morgan fingerprint density at radius 3 is 2.86 bits per heavy atom. The lowest BCUT2D eigenvalue weighted by Crippen LogP contribution is -2.22. The first-order chi connectivity index (χ1) is 10.1. The van der Waals surface area contributed by atoms with Gasteiger partial charge in [-0.2, -0.15) is 10.4 Å². The van der Waals surface area contributed by atoms with E-state index in [9.17, 15) is 4.79 Å². The van der Waals surface area contributed by atoms with Crippen molar-refractivity contribution < 1.29 is 9.53 Å². The summed E-state index contributed by atoms with van der Waals surface area (Å²) in [5, 5.41) is 19.6. The third-order valence-corrected chi connectivity index (χ3v) is 2.53. The fourth-order valence-electron chi connectivity index (χ4n) is 1.41. The third kappa shape index (κ3) is 4.95. The van der Waals surface area contributed by atoms with Gasteiger partial charge in [-0.15, -0.1) is 0 Å². The van der Waals surface area contributed by atoms with E-state index in [2.05, 4.69) is 10.5 Å². The van der Waals surface area contributed by atoms with E-state index < -0.39 is 11.8 Å². The highest BCUT2D eigenvalue weighted by molar-refractivity contribution is 6.45. The van der Waals surface area contributed by atoms with Crippen LogP contribution in [0.1, 0.15) is 30.1 Å². The predicted octanol–water partition coefficient (Wildman–Crippen LogP) is 1.87. The van der Waals surface area contributed by atoms with E-state index in [4.69, 9.17) is 21.1 Å². The van der Waals surface area contributed by atoms with E-state index in [1.54, 1.807) is 30.3 Å². The molecule has 0 saturated heterocycles. The van der Waals surface area contributed by atoms with Gasteiger partial charge in [0.25, 0.3) is 0 Å². The summed E-state index contributed by atoms with van der Waals surface area (Å²) in [6.45, 7) is 2.35. The van der Waals surface area contributed by atoms with Crippen molar-refractivity contribution in [2.45, 2.75) is 19.8 Å². The van der Waals surface area contributed by atoms with E-state index in [-0.39, 0.29) is 5.71 Å². The van der Waals surface area contributed by atoms with Crippen molar-refractivity contribution in [3.8, 4) is 6.07 Å². The first-order valence-corrected chi connectivity index (χ1v) is 6.44. The first kappa shape index (κ1) is 16.2. The highest BCUT2D eigenvalue weighted by Crippen LogP contribution is 2.16. The van der Waals surface area contributed by atoms with Crippen LogP contribution in [0.2, 0.25) is 0 Å². The molecule has 21 heavy (non-hydrogen) atoms. The topological polar surface area (TPSA) is 124 Å². The summed E-state index contributed by atoms with van der Waals surface area (Å²) in [7, 11) is 0. The van der Waals surface area contributed by atoms with Crippen molar-refractivity contribution in [1.29, 1.82) is 10.7 Å². The lowest BCUT2D eigenvalue weighted by molar-refractivity contribution is 0.0501. The smallest absolute Gasteiger partial charge is 0.340 e. The third-order valence-electron chi connectivity index (χ3n) is 2.53. The predicted molar refractivity (Wildman–Crippen MR) is 80.2 cm³/mol. The molecule has 110 valence electrons. The minimum absolute atomic E-state index is 0.260. The lowest BCUT2D eigenvalue weighted by Gasteiger charge is -2.08. The van der Waals surface area contributed by atoms with Crippen LogP contribution in [0, 0.1) is 16.7 Å². The molecule has 0 atom stereocenters. The number of rotatable bonds is 7. The van der Waals surface area contributed by atoms with Crippen LogP contribution in [-0.2, 0) is 4.74 Å². The van der Waals surface area contributed by atoms with Crippen LogP contribution in [0.25, 0.3) is 0 Å². The van der Waals surface area contributed by atoms with Crippen molar-refractivity contribution in [3.63, 3.8) is 0 Å². The average molecular weight is 287 g/mol. The van der Waals surface area contributed by atoms with Gasteiger partial charge >= 0.3 is 5.97 Å². The summed E-state index contributed by atoms with van der Waals surface area (Å²) in [4.78, 5) is 11.9. The van der Waals surface area contributed by atoms with Gasteiger partial charge in [0.05, 0.1) is 17.9 Å². The molecule has 0 bridgehead atoms. The zero-order valence-corrected chi connectivity index (χ0v) is 11.7. The maximum Gasteiger partial charge on any atom is 0.340 e. The molecule has 7 heteroatoms. The Labute approximate surface area is 122 Å². The van der Waals surface area contributed by atoms with Crippen molar-refractivity contribution in [3.05, 3.63) is 29.8 Å². The number of carbonyl (C=O) groups excluding carboxylic acids is 1. The summed E-state index contributed by atoms with van der Waals surface area (Å²) in [6, 6.07) is 8.30. The summed E-state index contributed by atoms with van der Waals surface area (Å²) in [5.74, 6) is -0.920. The molecule has 0 heterocycles. The number of nitrogens with two attached hydrogens (primary N) is 1. The van der Waals surface area contributed by atoms with Crippen LogP contribution in [-0.4, -0.2) is 24.1 Å². The van der Waals surface area contributed by atoms with Crippen molar-refractivity contribution >= 4 is 23.2 Å². The first-order valence-electron chi connectivity index (χ1n) is 6.44. The SMILES string of the molecule is CCCCOC(=O)c1ccccc1N/N=C(\C#N)C(=N)N. The molecule has 1 aromatic rings. The van der Waals surface area contributed by atoms with E-state index in [0.29, 0.717) is 17.9 Å². The largest absolute Gasteiger partial charge is 0.462 e. The van der Waals surface area contributed by atoms with E-state index in [1.807, 2.05) is 6.92 Å². The van der Waals surface area contributed by atoms with Gasteiger partial charge in [0.15, 0.2) is 5.84 Å². The van der Waals surface area contributed by atoms with Crippen molar-refractivity contribution in [1.82, 2.24) is 0 Å². The van der Waals surface area contributed by atoms with Gasteiger partial charge in [-0.1, -0.05) is 25.5 Å². The number of nitrogens with zero attached hydrogens (tertiary/aromatic N) is 2. The molecule has 0 saturated carbocycles. The Morgan fingerprint density at radius 2 is 2.24 bits per heavy atom. The second kappa shape index (κ2) is 8.32. The normalized spacial score (nSPS) is 10.6. The molecule has 0 aliphatic rings. The molecule has 4 N–H and O–H groups in total. The second-order valence-corrected chi connectivity index (χ2v) is 4.13. The van der Waals surface area contributed by atoms with E-state index >= 15 is 0 Å². The molecule has 0 radical (unpaired) electrons. The van der Waals surface area contributed by atoms with Crippen LogP contribution in [0.3, 0.4) is 0 Å². The monoisotopic (exact) mass is 287 g/mol. The molecule has 0 spiro atoms. The fourth-order valence-corrected chi connectivity index (χ4v) is 1.41. The van der Waals surface area contributed by atoms with Gasteiger partial charge in [-0.05, 0) is 18.6 Å². The number of nitrogens with one attached hydrogen (secondary N) is 2. The zero-order valence-electron chi connectivity index (χ0n) is 11.7. The Kier molecular flexibility index (Phi) is 6.41. The van der Waals surface area contributed by atoms with Gasteiger partial charge in [0, 0.05) is 0 Å². The molecular formula is C14H17N5O2. The maximum atomic E-state index is 11.9. The minimum atomic E-state index is -0.469. The van der Waals surface area contributed by atoms with E-state index in [1.165, 1.54) is 0 Å². The number of benzene rings is 1. The number of hydrazone groups is 1. The Morgan fingerprint density at radius 1 is 1.52 bits per heavy atom. The number of esters is 1. The molecular weight excluding hydrogens is 270 g/mol. The number of hydrogen-bond donors (Lipinski definition) is 3. The van der Waals surface area contributed by atoms with Gasteiger partial charge < -0.3 is 10.5 Å². The number of unbranched alkanes of at least 4 members (excludes halogenated alkanes) is 1. The zero-order chi connectivity index (χ0) is 15.7. The van der Waals surface area contributed by atoms with Crippen molar-refractivity contribution in [2.75, 3.05) is 12.0 Å². The molecule has 0 aromatic heterocycles. The summed E-state index contributed by atoms with van der Waals surface area (Å²) >= 11 is 0. The number of anilines is 1. The molecule has 1 rings (SSSR count). The molecule has 0 fully saturated rings. The van der Waals surface area contributed by atoms with Crippen LogP contribution in [0.4, 0.5) is 5.69 Å². The molecule has 7 nitrogen and oxygen atoms in total. The standard InChI is InChI=1S/C14H17N5O2/c1-2-3-8-21-14(20)10-6-4-5-7-11(10)18-19-12(9-15)13(16)17/h4-7,18H,2-3,8H2,1H3,(H3,16,17)/b19-12+. The van der Waals surface area contributed by atoms with Crippen molar-refractivity contribution in [2.24, 2.45) is 10.8 Å². The molecule has 0 amide bonds. The van der Waals surface area contributed by atoms with Gasteiger partial charge in [0.1, 0.15) is 6.07 Å². The number of nitriles is 1. The molecule has 1 aromatic carbocycles. The minimum Gasteiger partial charge on any atom is -0.462 e. The average Bonchev–Trinajstić information content (AvgIpc) is 2.48. The van der Waals surface area contributed by atoms with Crippen LogP contribution >= 0.6 is 0 Å². The Balaban J connectivity index is 2.87. The van der Waals surface area contributed by atoms with Gasteiger partial charge in [0.2, 0.25) is 5.71 Å². The highest BCUT2D eigenvalue weighted by atomic mass is 16.5. The van der Waals surface area contributed by atoms with Crippen LogP contribution in [0.5, 0.6) is 0 Å². The Hall–Kier alpha value is -2.88. The van der Waals surface area contributed by atoms with Gasteiger partial charge in [-0.25, -0.2) is 4.79 Å². The summed E-state index contributed by atoms with van der Waals surface area (Å²) in [5.41, 5.74) is 8.18. The summed E-state index contributed by atoms with van der Waals surface area (Å²) in [6.07, 6.45) is 1.73. The number of hydrogen-bond acceptors (Lipinski definition) is 6. The number of ether oxygens (including phenoxy) is 1. The maximum absolute atomic E-state index is 11.9. The second-order valence-electron chi connectivity index (χ2n) is 4.13. The molecule has 0 aliphatic heterocycles. The van der Waals surface area contributed by atoms with Crippen LogP contribution in [0.15, 0.2) is 29.4 Å². The number of amidine groups is 1. The van der Waals surface area contributed by atoms with Crippen LogP contribution < -0.4 is 11.2 Å². The quantitative estimate of drug-likeness (QED) is 0.232. The molecule has 0 unspecified atom stereocenters. The van der Waals surface area contributed by atoms with E-state index in [0.717, 1.165) is 12.8 Å². The highest BCUT2D eigenvalue weighted by Gasteiger charge is 2.12.